The minimum absolute atomic E-state index is 0.140. The molecule has 0 radical (unpaired) electrons. The van der Waals surface area contributed by atoms with Crippen LogP contribution in [-0.4, -0.2) is 17.6 Å². The van der Waals surface area contributed by atoms with Crippen molar-refractivity contribution in [3.05, 3.63) is 29.1 Å². The quantitative estimate of drug-likeness (QED) is 0.582. The van der Waals surface area contributed by atoms with Crippen LogP contribution in [0.15, 0.2) is 22.6 Å². The summed E-state index contributed by atoms with van der Waals surface area (Å²) >= 11 is 5.68. The van der Waals surface area contributed by atoms with E-state index in [9.17, 15) is 4.79 Å². The Labute approximate surface area is 90.8 Å². The molecule has 0 amide bonds. The third-order valence-electron chi connectivity index (χ3n) is 1.83. The predicted molar refractivity (Wildman–Crippen MR) is 55.0 cm³/mol. The van der Waals surface area contributed by atoms with Gasteiger partial charge in [0.1, 0.15) is 5.15 Å². The Balaban J connectivity index is 2.42. The summed E-state index contributed by atoms with van der Waals surface area (Å²) in [4.78, 5) is 15.3. The lowest BCUT2D eigenvalue weighted by Crippen LogP contribution is -2.02. The van der Waals surface area contributed by atoms with E-state index < -0.39 is 5.97 Å². The molecule has 2 aromatic rings. The molecule has 5 heteroatoms. The van der Waals surface area contributed by atoms with Crippen molar-refractivity contribution in [1.29, 1.82) is 0 Å². The van der Waals surface area contributed by atoms with Gasteiger partial charge in [-0.15, -0.1) is 0 Å². The molecular weight excluding hydrogens is 218 g/mol. The van der Waals surface area contributed by atoms with Gasteiger partial charge in [0.05, 0.1) is 6.61 Å². The number of carbonyl (C=O) groups excluding carboxylic acids is 1. The molecule has 0 saturated heterocycles. The third-order valence-corrected chi connectivity index (χ3v) is 2.04. The van der Waals surface area contributed by atoms with Gasteiger partial charge in [0.25, 0.3) is 0 Å². The maximum atomic E-state index is 11.3. The van der Waals surface area contributed by atoms with Gasteiger partial charge in [-0.2, -0.15) is 0 Å². The smallest absolute Gasteiger partial charge is 0.374 e. The van der Waals surface area contributed by atoms with Crippen molar-refractivity contribution < 1.29 is 13.9 Å². The normalized spacial score (nSPS) is 10.5. The van der Waals surface area contributed by atoms with Crippen molar-refractivity contribution >= 4 is 28.7 Å². The number of hydrogen-bond acceptors (Lipinski definition) is 4. The van der Waals surface area contributed by atoms with Crippen molar-refractivity contribution in [2.45, 2.75) is 6.92 Å². The standard InChI is InChI=1S/C10H8ClNO3/c1-2-14-10(13)7-5-6-3-4-8(11)12-9(6)15-7/h3-5H,2H2,1H3. The lowest BCUT2D eigenvalue weighted by molar-refractivity contribution is 0.0492. The van der Waals surface area contributed by atoms with Gasteiger partial charge in [0.2, 0.25) is 11.5 Å². The van der Waals surface area contributed by atoms with E-state index in [2.05, 4.69) is 4.98 Å². The summed E-state index contributed by atoms with van der Waals surface area (Å²) in [5.74, 6) is -0.353. The fourth-order valence-electron chi connectivity index (χ4n) is 1.20. The highest BCUT2D eigenvalue weighted by atomic mass is 35.5. The molecule has 15 heavy (non-hydrogen) atoms. The highest BCUT2D eigenvalue weighted by molar-refractivity contribution is 6.29. The first-order chi connectivity index (χ1) is 7.20. The molecule has 0 unspecified atom stereocenters. The lowest BCUT2D eigenvalue weighted by atomic mass is 10.3. The average molecular weight is 226 g/mol. The summed E-state index contributed by atoms with van der Waals surface area (Å²) in [5, 5.41) is 1.05. The molecular formula is C10H8ClNO3. The molecule has 0 aromatic carbocycles. The second-order valence-corrected chi connectivity index (χ2v) is 3.25. The monoisotopic (exact) mass is 225 g/mol. The zero-order valence-electron chi connectivity index (χ0n) is 7.99. The van der Waals surface area contributed by atoms with Crippen LogP contribution in [0.3, 0.4) is 0 Å². The van der Waals surface area contributed by atoms with Crippen LogP contribution in [-0.2, 0) is 4.74 Å². The second kappa shape index (κ2) is 3.90. The maximum absolute atomic E-state index is 11.3. The third kappa shape index (κ3) is 1.94. The lowest BCUT2D eigenvalue weighted by Gasteiger charge is -1.95. The van der Waals surface area contributed by atoms with Crippen molar-refractivity contribution in [2.24, 2.45) is 0 Å². The fraction of sp³-hybridized carbons (Fsp3) is 0.200. The van der Waals surface area contributed by atoms with Gasteiger partial charge in [-0.05, 0) is 19.1 Å². The van der Waals surface area contributed by atoms with Gasteiger partial charge < -0.3 is 9.15 Å². The molecule has 0 aliphatic rings. The Bertz CT molecular complexity index is 506. The number of esters is 1. The van der Waals surface area contributed by atoms with Gasteiger partial charge in [-0.1, -0.05) is 11.6 Å². The number of carbonyl (C=O) groups is 1. The second-order valence-electron chi connectivity index (χ2n) is 2.86. The molecule has 0 spiro atoms. The van der Waals surface area contributed by atoms with E-state index in [4.69, 9.17) is 20.8 Å². The van der Waals surface area contributed by atoms with Crippen molar-refractivity contribution in [2.75, 3.05) is 6.61 Å². The first-order valence-electron chi connectivity index (χ1n) is 4.44. The zero-order chi connectivity index (χ0) is 10.8. The van der Waals surface area contributed by atoms with Crippen LogP contribution in [0.1, 0.15) is 17.5 Å². The molecule has 0 saturated carbocycles. The van der Waals surface area contributed by atoms with Crippen LogP contribution < -0.4 is 0 Å². The highest BCUT2D eigenvalue weighted by Crippen LogP contribution is 2.20. The van der Waals surface area contributed by atoms with Gasteiger partial charge >= 0.3 is 5.97 Å². The van der Waals surface area contributed by atoms with Crippen molar-refractivity contribution in [1.82, 2.24) is 4.98 Å². The minimum atomic E-state index is -0.494. The molecule has 0 fully saturated rings. The van der Waals surface area contributed by atoms with E-state index in [0.717, 1.165) is 5.39 Å². The summed E-state index contributed by atoms with van der Waals surface area (Å²) in [6.07, 6.45) is 0. The first kappa shape index (κ1) is 9.98. The van der Waals surface area contributed by atoms with E-state index in [1.807, 2.05) is 0 Å². The Morgan fingerprint density at radius 1 is 1.60 bits per heavy atom. The van der Waals surface area contributed by atoms with Crippen LogP contribution in [0.25, 0.3) is 11.1 Å². The highest BCUT2D eigenvalue weighted by Gasteiger charge is 2.13. The summed E-state index contributed by atoms with van der Waals surface area (Å²) in [6, 6.07) is 4.95. The number of fused-ring (bicyclic) bond motifs is 1. The molecule has 0 aliphatic heterocycles. The Hall–Kier alpha value is -1.55. The summed E-state index contributed by atoms with van der Waals surface area (Å²) in [6.45, 7) is 2.04. The summed E-state index contributed by atoms with van der Waals surface area (Å²) in [5.41, 5.74) is 0.338. The molecule has 2 aromatic heterocycles. The van der Waals surface area contributed by atoms with Crippen LogP contribution in [0.2, 0.25) is 5.15 Å². The molecule has 0 N–H and O–H groups in total. The number of rotatable bonds is 2. The van der Waals surface area contributed by atoms with E-state index in [1.165, 1.54) is 0 Å². The molecule has 0 aliphatic carbocycles. The number of pyridine rings is 1. The summed E-state index contributed by atoms with van der Waals surface area (Å²) in [7, 11) is 0. The molecule has 2 rings (SSSR count). The Kier molecular flexibility index (Phi) is 2.60. The average Bonchev–Trinajstić information content (AvgIpc) is 2.60. The fourth-order valence-corrected chi connectivity index (χ4v) is 1.34. The topological polar surface area (TPSA) is 52.3 Å². The number of halogens is 1. The predicted octanol–water partition coefficient (Wildman–Crippen LogP) is 2.66. The van der Waals surface area contributed by atoms with Crippen LogP contribution in [0, 0.1) is 0 Å². The number of ether oxygens (including phenoxy) is 1. The largest absolute Gasteiger partial charge is 0.460 e. The molecule has 78 valence electrons. The summed E-state index contributed by atoms with van der Waals surface area (Å²) < 4.78 is 9.99. The van der Waals surface area contributed by atoms with Gasteiger partial charge in [0.15, 0.2) is 0 Å². The first-order valence-corrected chi connectivity index (χ1v) is 4.81. The van der Waals surface area contributed by atoms with Crippen LogP contribution in [0.5, 0.6) is 0 Å². The maximum Gasteiger partial charge on any atom is 0.374 e. The van der Waals surface area contributed by atoms with Gasteiger partial charge in [0, 0.05) is 11.5 Å². The Morgan fingerprint density at radius 2 is 2.40 bits per heavy atom. The molecule has 2 heterocycles. The SMILES string of the molecule is CCOC(=O)c1cc2ccc(Cl)nc2o1. The van der Waals surface area contributed by atoms with Crippen molar-refractivity contribution in [3.8, 4) is 0 Å². The number of aromatic nitrogens is 1. The number of nitrogens with zero attached hydrogens (tertiary/aromatic N) is 1. The molecule has 4 nitrogen and oxygen atoms in total. The zero-order valence-corrected chi connectivity index (χ0v) is 8.75. The Morgan fingerprint density at radius 3 is 3.13 bits per heavy atom. The van der Waals surface area contributed by atoms with E-state index in [0.29, 0.717) is 17.5 Å². The van der Waals surface area contributed by atoms with Crippen LogP contribution >= 0.6 is 11.6 Å². The van der Waals surface area contributed by atoms with Crippen LogP contribution in [0.4, 0.5) is 0 Å². The molecule has 0 bridgehead atoms. The van der Waals surface area contributed by atoms with E-state index in [1.54, 1.807) is 25.1 Å². The van der Waals surface area contributed by atoms with E-state index in [-0.39, 0.29) is 5.76 Å². The number of furan rings is 1. The minimum Gasteiger partial charge on any atom is -0.460 e. The van der Waals surface area contributed by atoms with E-state index >= 15 is 0 Å². The van der Waals surface area contributed by atoms with Crippen molar-refractivity contribution in [3.63, 3.8) is 0 Å². The number of hydrogen-bond donors (Lipinski definition) is 0. The molecule has 0 atom stereocenters. The van der Waals surface area contributed by atoms with Gasteiger partial charge in [-0.25, -0.2) is 9.78 Å². The van der Waals surface area contributed by atoms with Gasteiger partial charge in [-0.3, -0.25) is 0 Å².